The summed E-state index contributed by atoms with van der Waals surface area (Å²) in [7, 11) is -4.64. The Kier molecular flexibility index (Phi) is 5.41. The fraction of sp³-hybridized carbons (Fsp3) is 0.545. The Bertz CT molecular complexity index is 839. The summed E-state index contributed by atoms with van der Waals surface area (Å²) in [5, 5.41) is 29.2. The number of H-pyrrole nitrogens is 1. The van der Waals surface area contributed by atoms with Gasteiger partial charge in [-0.3, -0.25) is 9.36 Å². The molecule has 3 rings (SSSR count). The molecule has 14 heteroatoms. The standard InChI is InChI=1S/C11H14N4O5.H3O4P/c1-11(8(18)7(17)5(2-16)20-11)15-4-14-6-9(15)12-3-13-10(6)19;1-5(2,3)4/h3-5,7-8,16-18H,2H2,1H3,(H,12,13,19);(H3,1,2,3,4)/t5-,7-,8-,11-;/m1./s1. The summed E-state index contributed by atoms with van der Waals surface area (Å²) in [4.78, 5) is 43.5. The van der Waals surface area contributed by atoms with E-state index in [0.29, 0.717) is 0 Å². The molecule has 3 heterocycles. The highest BCUT2D eigenvalue weighted by Gasteiger charge is 2.52. The second-order valence-corrected chi connectivity index (χ2v) is 6.39. The van der Waals surface area contributed by atoms with E-state index in [-0.39, 0.29) is 11.2 Å². The van der Waals surface area contributed by atoms with Gasteiger partial charge in [0, 0.05) is 0 Å². The lowest BCUT2D eigenvalue weighted by Gasteiger charge is -2.29. The van der Waals surface area contributed by atoms with E-state index in [4.69, 9.17) is 29.1 Å². The zero-order chi connectivity index (χ0) is 19.0. The van der Waals surface area contributed by atoms with Gasteiger partial charge in [-0.15, -0.1) is 0 Å². The maximum atomic E-state index is 11.6. The zero-order valence-corrected chi connectivity index (χ0v) is 13.7. The number of hydrogen-bond donors (Lipinski definition) is 7. The molecule has 0 unspecified atom stereocenters. The predicted molar refractivity (Wildman–Crippen MR) is 80.0 cm³/mol. The zero-order valence-electron chi connectivity index (χ0n) is 12.8. The average molecular weight is 380 g/mol. The molecule has 0 saturated carbocycles. The van der Waals surface area contributed by atoms with Gasteiger partial charge in [-0.2, -0.15) is 0 Å². The first kappa shape index (κ1) is 19.6. The van der Waals surface area contributed by atoms with Crippen molar-refractivity contribution in [2.24, 2.45) is 0 Å². The molecule has 4 atom stereocenters. The Balaban J connectivity index is 0.000000399. The minimum Gasteiger partial charge on any atom is -0.394 e. The van der Waals surface area contributed by atoms with Crippen molar-refractivity contribution in [3.63, 3.8) is 0 Å². The van der Waals surface area contributed by atoms with E-state index in [0.717, 1.165) is 0 Å². The van der Waals surface area contributed by atoms with Gasteiger partial charge >= 0.3 is 7.82 Å². The van der Waals surface area contributed by atoms with Crippen LogP contribution in [0.25, 0.3) is 11.2 Å². The number of phosphoric acid groups is 1. The molecule has 1 saturated heterocycles. The number of aromatic nitrogens is 4. The molecule has 13 nitrogen and oxygen atoms in total. The third-order valence-corrected chi connectivity index (χ3v) is 3.64. The second-order valence-electron chi connectivity index (χ2n) is 5.36. The molecule has 0 amide bonds. The van der Waals surface area contributed by atoms with Gasteiger partial charge in [0.25, 0.3) is 5.56 Å². The lowest BCUT2D eigenvalue weighted by molar-refractivity contribution is -0.132. The number of hydrogen-bond acceptors (Lipinski definition) is 8. The summed E-state index contributed by atoms with van der Waals surface area (Å²) in [5.74, 6) is 0. The van der Waals surface area contributed by atoms with Crippen LogP contribution in [0, 0.1) is 0 Å². The summed E-state index contributed by atoms with van der Waals surface area (Å²) in [6.45, 7) is 1.09. The van der Waals surface area contributed by atoms with Crippen LogP contribution < -0.4 is 5.56 Å². The van der Waals surface area contributed by atoms with Gasteiger partial charge in [-0.25, -0.2) is 14.5 Å². The van der Waals surface area contributed by atoms with Crippen LogP contribution in [0.5, 0.6) is 0 Å². The molecule has 1 aliphatic rings. The number of rotatable bonds is 2. The molecule has 0 aliphatic carbocycles. The van der Waals surface area contributed by atoms with E-state index >= 15 is 0 Å². The Hall–Kier alpha value is -1.70. The summed E-state index contributed by atoms with van der Waals surface area (Å²) >= 11 is 0. The van der Waals surface area contributed by atoms with Crippen LogP contribution in [-0.4, -0.2) is 74.4 Å². The quantitative estimate of drug-likeness (QED) is 0.260. The monoisotopic (exact) mass is 380 g/mol. The maximum absolute atomic E-state index is 11.6. The normalized spacial score (nSPS) is 29.5. The van der Waals surface area contributed by atoms with Gasteiger partial charge in [0.1, 0.15) is 18.3 Å². The largest absolute Gasteiger partial charge is 0.466 e. The number of nitrogens with one attached hydrogen (secondary N) is 1. The van der Waals surface area contributed by atoms with Crippen LogP contribution >= 0.6 is 7.82 Å². The molecule has 0 aromatic carbocycles. The summed E-state index contributed by atoms with van der Waals surface area (Å²) in [6.07, 6.45) is -0.937. The van der Waals surface area contributed by atoms with Gasteiger partial charge in [0.2, 0.25) is 0 Å². The van der Waals surface area contributed by atoms with E-state index < -0.39 is 44.0 Å². The predicted octanol–water partition coefficient (Wildman–Crippen LogP) is -3.02. The molecule has 2 aromatic heterocycles. The molecule has 140 valence electrons. The smallest absolute Gasteiger partial charge is 0.394 e. The maximum Gasteiger partial charge on any atom is 0.466 e. The van der Waals surface area contributed by atoms with Crippen molar-refractivity contribution in [2.75, 3.05) is 6.61 Å². The highest BCUT2D eigenvalue weighted by molar-refractivity contribution is 7.45. The van der Waals surface area contributed by atoms with E-state index in [9.17, 15) is 15.0 Å². The lowest BCUT2D eigenvalue weighted by Crippen LogP contribution is -2.43. The molecule has 0 spiro atoms. The van der Waals surface area contributed by atoms with E-state index in [2.05, 4.69) is 15.0 Å². The van der Waals surface area contributed by atoms with Crippen molar-refractivity contribution in [3.05, 3.63) is 23.0 Å². The average Bonchev–Trinajstić information content (AvgIpc) is 3.03. The number of aromatic amines is 1. The van der Waals surface area contributed by atoms with Crippen LogP contribution in [0.15, 0.2) is 17.4 Å². The minimum absolute atomic E-state index is 0.103. The topological polar surface area (TPSA) is 211 Å². The van der Waals surface area contributed by atoms with E-state index in [1.807, 2.05) is 0 Å². The highest BCUT2D eigenvalue weighted by Crippen LogP contribution is 2.36. The number of aliphatic hydroxyl groups excluding tert-OH is 3. The number of fused-ring (bicyclic) bond motifs is 1. The Morgan fingerprint density at radius 3 is 2.48 bits per heavy atom. The van der Waals surface area contributed by atoms with Crippen LogP contribution in [0.1, 0.15) is 6.92 Å². The van der Waals surface area contributed by atoms with E-state index in [1.165, 1.54) is 24.1 Å². The summed E-state index contributed by atoms with van der Waals surface area (Å²) < 4.78 is 15.8. The molecule has 1 aliphatic heterocycles. The first-order valence-corrected chi connectivity index (χ1v) is 8.40. The van der Waals surface area contributed by atoms with Gasteiger partial charge in [0.05, 0.1) is 19.3 Å². The van der Waals surface area contributed by atoms with Gasteiger partial charge in [-0.1, -0.05) is 0 Å². The first-order valence-electron chi connectivity index (χ1n) is 6.83. The number of imidazole rings is 1. The highest BCUT2D eigenvalue weighted by atomic mass is 31.2. The van der Waals surface area contributed by atoms with Crippen molar-refractivity contribution in [3.8, 4) is 0 Å². The van der Waals surface area contributed by atoms with Crippen LogP contribution in [0.4, 0.5) is 0 Å². The summed E-state index contributed by atoms with van der Waals surface area (Å²) in [6, 6.07) is 0. The Labute approximate surface area is 139 Å². The van der Waals surface area contributed by atoms with Crippen molar-refractivity contribution >= 4 is 19.0 Å². The number of ether oxygens (including phenoxy) is 1. The molecule has 7 N–H and O–H groups in total. The van der Waals surface area contributed by atoms with Gasteiger partial charge in [0.15, 0.2) is 16.9 Å². The van der Waals surface area contributed by atoms with Crippen LogP contribution in [0.3, 0.4) is 0 Å². The third-order valence-electron chi connectivity index (χ3n) is 3.64. The SMILES string of the molecule is C[C@@]1(n2cnc3c(=O)[nH]cnc32)O[C@H](CO)[C@@H](O)[C@H]1O.O=P(O)(O)O. The van der Waals surface area contributed by atoms with E-state index in [1.54, 1.807) is 0 Å². The second kappa shape index (κ2) is 6.90. The van der Waals surface area contributed by atoms with Gasteiger partial charge < -0.3 is 39.7 Å². The fourth-order valence-corrected chi connectivity index (χ4v) is 2.48. The van der Waals surface area contributed by atoms with Crippen molar-refractivity contribution in [2.45, 2.75) is 31.0 Å². The molecule has 2 aromatic rings. The number of aliphatic hydroxyl groups is 3. The Morgan fingerprint density at radius 2 is 1.96 bits per heavy atom. The first-order chi connectivity index (χ1) is 11.5. The molecular weight excluding hydrogens is 363 g/mol. The molecule has 1 fully saturated rings. The Morgan fingerprint density at radius 1 is 1.36 bits per heavy atom. The van der Waals surface area contributed by atoms with Crippen LogP contribution in [0.2, 0.25) is 0 Å². The minimum atomic E-state index is -4.64. The molecule has 0 radical (unpaired) electrons. The molecule has 25 heavy (non-hydrogen) atoms. The van der Waals surface area contributed by atoms with Crippen molar-refractivity contribution < 1.29 is 39.3 Å². The fourth-order valence-electron chi connectivity index (χ4n) is 2.48. The number of nitrogens with zero attached hydrogens (tertiary/aromatic N) is 3. The van der Waals surface area contributed by atoms with Crippen molar-refractivity contribution in [1.82, 2.24) is 19.5 Å². The lowest BCUT2D eigenvalue weighted by atomic mass is 10.0. The van der Waals surface area contributed by atoms with Crippen molar-refractivity contribution in [1.29, 1.82) is 0 Å². The molecular formula is C11H17N4O9P. The summed E-state index contributed by atoms with van der Waals surface area (Å²) in [5.41, 5.74) is -1.46. The van der Waals surface area contributed by atoms with Crippen LogP contribution in [-0.2, 0) is 15.0 Å². The van der Waals surface area contributed by atoms with Gasteiger partial charge in [-0.05, 0) is 6.92 Å². The third kappa shape index (κ3) is 3.94. The molecule has 0 bridgehead atoms.